The molecule has 0 spiro atoms. The predicted octanol–water partition coefficient (Wildman–Crippen LogP) is 0.491. The molecule has 7 heteroatoms. The highest BCUT2D eigenvalue weighted by atomic mass is 16.5. The molecule has 0 saturated carbocycles. The number of benzene rings is 1. The van der Waals surface area contributed by atoms with Gasteiger partial charge in [-0.25, -0.2) is 0 Å². The fourth-order valence-corrected chi connectivity index (χ4v) is 1.58. The van der Waals surface area contributed by atoms with Crippen LogP contribution in [0.1, 0.15) is 10.4 Å². The molecule has 0 fully saturated rings. The van der Waals surface area contributed by atoms with Crippen LogP contribution in [0.2, 0.25) is 0 Å². The molecule has 0 unspecified atom stereocenters. The highest BCUT2D eigenvalue weighted by molar-refractivity contribution is 6.04. The molecule has 0 radical (unpaired) electrons. The lowest BCUT2D eigenvalue weighted by Gasteiger charge is -2.07. The number of nitrogens with two attached hydrogens (primary N) is 1. The zero-order chi connectivity index (χ0) is 15.2. The number of nitrogens with one attached hydrogen (secondary N) is 2. The normalized spacial score (nSPS) is 9.90. The number of primary amides is 1. The fourth-order valence-electron chi connectivity index (χ4n) is 1.58. The van der Waals surface area contributed by atoms with Gasteiger partial charge in [0.15, 0.2) is 6.61 Å². The van der Waals surface area contributed by atoms with E-state index in [1.807, 2.05) is 0 Å². The summed E-state index contributed by atoms with van der Waals surface area (Å²) in [4.78, 5) is 36.1. The van der Waals surface area contributed by atoms with E-state index < -0.39 is 11.8 Å². The first kappa shape index (κ1) is 14.3. The van der Waals surface area contributed by atoms with Crippen LogP contribution >= 0.6 is 0 Å². The van der Waals surface area contributed by atoms with Crippen molar-refractivity contribution in [2.75, 3.05) is 11.9 Å². The van der Waals surface area contributed by atoms with Crippen molar-refractivity contribution in [1.82, 2.24) is 4.98 Å². The molecule has 0 aliphatic carbocycles. The van der Waals surface area contributed by atoms with Crippen LogP contribution in [-0.4, -0.2) is 23.4 Å². The van der Waals surface area contributed by atoms with Gasteiger partial charge in [-0.15, -0.1) is 0 Å². The number of anilines is 1. The third kappa shape index (κ3) is 4.20. The molecule has 0 aliphatic heterocycles. The molecule has 2 rings (SSSR count). The minimum absolute atomic E-state index is 0.210. The Morgan fingerprint density at radius 1 is 1.19 bits per heavy atom. The van der Waals surface area contributed by atoms with Gasteiger partial charge in [0.25, 0.3) is 11.8 Å². The average Bonchev–Trinajstić information content (AvgIpc) is 2.46. The van der Waals surface area contributed by atoms with Gasteiger partial charge in [0, 0.05) is 23.5 Å². The van der Waals surface area contributed by atoms with Crippen molar-refractivity contribution in [1.29, 1.82) is 0 Å². The number of amides is 2. The highest BCUT2D eigenvalue weighted by Gasteiger charge is 2.06. The molecule has 108 valence electrons. The van der Waals surface area contributed by atoms with E-state index in [1.54, 1.807) is 24.3 Å². The van der Waals surface area contributed by atoms with E-state index in [9.17, 15) is 14.4 Å². The lowest BCUT2D eigenvalue weighted by Crippen LogP contribution is -2.20. The third-order valence-corrected chi connectivity index (χ3v) is 2.53. The molecular formula is C14H13N3O4. The van der Waals surface area contributed by atoms with Gasteiger partial charge >= 0.3 is 0 Å². The van der Waals surface area contributed by atoms with Gasteiger partial charge in [-0.05, 0) is 30.3 Å². The van der Waals surface area contributed by atoms with Crippen LogP contribution in [0.4, 0.5) is 5.69 Å². The molecule has 1 aromatic heterocycles. The minimum Gasteiger partial charge on any atom is -0.484 e. The first-order valence-electron chi connectivity index (χ1n) is 6.06. The molecule has 4 N–H and O–H groups in total. The Morgan fingerprint density at radius 2 is 1.90 bits per heavy atom. The van der Waals surface area contributed by atoms with Crippen molar-refractivity contribution in [3.63, 3.8) is 0 Å². The van der Waals surface area contributed by atoms with E-state index >= 15 is 0 Å². The van der Waals surface area contributed by atoms with Crippen molar-refractivity contribution in [2.45, 2.75) is 0 Å². The minimum atomic E-state index is -0.568. The number of H-pyrrole nitrogens is 1. The number of rotatable bonds is 5. The van der Waals surface area contributed by atoms with Crippen molar-refractivity contribution in [3.8, 4) is 5.75 Å². The van der Waals surface area contributed by atoms with Crippen molar-refractivity contribution in [3.05, 3.63) is 58.5 Å². The van der Waals surface area contributed by atoms with E-state index in [-0.39, 0.29) is 17.7 Å². The largest absolute Gasteiger partial charge is 0.484 e. The van der Waals surface area contributed by atoms with Gasteiger partial charge in [-0.2, -0.15) is 0 Å². The van der Waals surface area contributed by atoms with Gasteiger partial charge in [0.1, 0.15) is 5.75 Å². The summed E-state index contributed by atoms with van der Waals surface area (Å²) in [6, 6.07) is 9.12. The van der Waals surface area contributed by atoms with Gasteiger partial charge < -0.3 is 20.8 Å². The topological polar surface area (TPSA) is 114 Å². The van der Waals surface area contributed by atoms with Crippen LogP contribution in [0.5, 0.6) is 5.75 Å². The Balaban J connectivity index is 2.01. The summed E-state index contributed by atoms with van der Waals surface area (Å²) >= 11 is 0. The lowest BCUT2D eigenvalue weighted by atomic mass is 10.2. The molecule has 0 bridgehead atoms. The Morgan fingerprint density at radius 3 is 2.52 bits per heavy atom. The number of pyridine rings is 1. The number of aromatic nitrogens is 1. The fraction of sp³-hybridized carbons (Fsp3) is 0.0714. The number of hydrogen-bond donors (Lipinski definition) is 3. The summed E-state index contributed by atoms with van der Waals surface area (Å²) in [5, 5.41) is 2.64. The first-order chi connectivity index (χ1) is 10.0. The summed E-state index contributed by atoms with van der Waals surface area (Å²) < 4.78 is 5.10. The van der Waals surface area contributed by atoms with Crippen molar-refractivity contribution in [2.24, 2.45) is 5.73 Å². The molecule has 0 saturated heterocycles. The van der Waals surface area contributed by atoms with Gasteiger partial charge in [0.05, 0.1) is 0 Å². The van der Waals surface area contributed by atoms with Crippen LogP contribution in [0.25, 0.3) is 0 Å². The maximum absolute atomic E-state index is 11.9. The highest BCUT2D eigenvalue weighted by Crippen LogP contribution is 2.16. The van der Waals surface area contributed by atoms with Crippen LogP contribution in [-0.2, 0) is 4.79 Å². The van der Waals surface area contributed by atoms with Gasteiger partial charge in [-0.3, -0.25) is 14.4 Å². The molecule has 2 amide bonds. The standard InChI is InChI=1S/C14H13N3O4/c15-12(18)8-21-11-3-1-10(2-4-11)17-14(20)9-5-6-16-13(19)7-9/h1-7H,8H2,(H2,15,18)(H,16,19)(H,17,20). The smallest absolute Gasteiger partial charge is 0.255 e. The SMILES string of the molecule is NC(=O)COc1ccc(NC(=O)c2cc[nH]c(=O)c2)cc1. The van der Waals surface area contributed by atoms with Crippen LogP contribution < -0.4 is 21.3 Å². The summed E-state index contributed by atoms with van der Waals surface area (Å²) in [5.41, 5.74) is 5.41. The number of carbonyl (C=O) groups is 2. The van der Waals surface area contributed by atoms with Crippen LogP contribution in [0.3, 0.4) is 0 Å². The molecule has 1 heterocycles. The van der Waals surface area contributed by atoms with Gasteiger partial charge in [0.2, 0.25) is 5.56 Å². The quantitative estimate of drug-likeness (QED) is 0.742. The lowest BCUT2D eigenvalue weighted by molar-refractivity contribution is -0.119. The number of aromatic amines is 1. The summed E-state index contributed by atoms with van der Waals surface area (Å²) in [7, 11) is 0. The molecule has 1 aromatic carbocycles. The van der Waals surface area contributed by atoms with E-state index in [0.717, 1.165) is 0 Å². The number of ether oxygens (including phenoxy) is 1. The second-order valence-corrected chi connectivity index (χ2v) is 4.18. The molecular weight excluding hydrogens is 274 g/mol. The Labute approximate surface area is 119 Å². The zero-order valence-corrected chi connectivity index (χ0v) is 11.0. The molecule has 21 heavy (non-hydrogen) atoms. The van der Waals surface area contributed by atoms with E-state index in [0.29, 0.717) is 11.4 Å². The van der Waals surface area contributed by atoms with Gasteiger partial charge in [-0.1, -0.05) is 0 Å². The molecule has 7 nitrogen and oxygen atoms in total. The Hall–Kier alpha value is -3.09. The van der Waals surface area contributed by atoms with E-state index in [2.05, 4.69) is 10.3 Å². The predicted molar refractivity (Wildman–Crippen MR) is 76.1 cm³/mol. The summed E-state index contributed by atoms with van der Waals surface area (Å²) in [6.07, 6.45) is 1.40. The maximum Gasteiger partial charge on any atom is 0.255 e. The van der Waals surface area contributed by atoms with E-state index in [4.69, 9.17) is 10.5 Å². The average molecular weight is 287 g/mol. The van der Waals surface area contributed by atoms with Crippen molar-refractivity contribution >= 4 is 17.5 Å². The second-order valence-electron chi connectivity index (χ2n) is 4.18. The third-order valence-electron chi connectivity index (χ3n) is 2.53. The zero-order valence-electron chi connectivity index (χ0n) is 11.0. The molecule has 0 aliphatic rings. The second kappa shape index (κ2) is 6.38. The monoisotopic (exact) mass is 287 g/mol. The Bertz CT molecular complexity index is 707. The van der Waals surface area contributed by atoms with Crippen molar-refractivity contribution < 1.29 is 14.3 Å². The number of carbonyl (C=O) groups excluding carboxylic acids is 2. The van der Waals surface area contributed by atoms with E-state index in [1.165, 1.54) is 18.3 Å². The van der Waals surface area contributed by atoms with Crippen LogP contribution in [0.15, 0.2) is 47.4 Å². The Kier molecular flexibility index (Phi) is 4.35. The first-order valence-corrected chi connectivity index (χ1v) is 6.06. The number of hydrogen-bond acceptors (Lipinski definition) is 4. The summed E-state index contributed by atoms with van der Waals surface area (Å²) in [5.74, 6) is -0.503. The summed E-state index contributed by atoms with van der Waals surface area (Å²) in [6.45, 7) is -0.210. The molecule has 2 aromatic rings. The molecule has 0 atom stereocenters. The maximum atomic E-state index is 11.9. The van der Waals surface area contributed by atoms with Crippen LogP contribution in [0, 0.1) is 0 Å².